The van der Waals surface area contributed by atoms with E-state index in [1.54, 1.807) is 6.33 Å². The van der Waals surface area contributed by atoms with Crippen LogP contribution in [0, 0.1) is 5.92 Å². The lowest BCUT2D eigenvalue weighted by Crippen LogP contribution is -2.52. The van der Waals surface area contributed by atoms with Gasteiger partial charge in [-0.15, -0.1) is 0 Å². The van der Waals surface area contributed by atoms with Crippen molar-refractivity contribution in [1.29, 1.82) is 0 Å². The third-order valence-corrected chi connectivity index (χ3v) is 7.38. The molecule has 31 heavy (non-hydrogen) atoms. The zero-order chi connectivity index (χ0) is 21.5. The van der Waals surface area contributed by atoms with Crippen molar-refractivity contribution < 1.29 is 4.79 Å². The van der Waals surface area contributed by atoms with Crippen molar-refractivity contribution in [3.63, 3.8) is 0 Å². The lowest BCUT2D eigenvalue weighted by molar-refractivity contribution is -0.133. The first kappa shape index (κ1) is 22.3. The number of nitrogens with zero attached hydrogens (tertiary/aromatic N) is 5. The van der Waals surface area contributed by atoms with Crippen LogP contribution >= 0.6 is 0 Å². The number of nitrogens with one attached hydrogen (secondary N) is 1. The summed E-state index contributed by atoms with van der Waals surface area (Å²) in [6, 6.07) is 2.82. The fourth-order valence-corrected chi connectivity index (χ4v) is 5.57. The van der Waals surface area contributed by atoms with Crippen LogP contribution < -0.4 is 10.2 Å². The Labute approximate surface area is 187 Å². The van der Waals surface area contributed by atoms with E-state index in [1.807, 2.05) is 6.07 Å². The van der Waals surface area contributed by atoms with Crippen LogP contribution in [0.1, 0.15) is 64.7 Å². The Morgan fingerprint density at radius 3 is 2.61 bits per heavy atom. The molecule has 2 aliphatic heterocycles. The number of rotatable bonds is 7. The zero-order valence-electron chi connectivity index (χ0n) is 19.3. The second kappa shape index (κ2) is 11.1. The molecule has 7 nitrogen and oxygen atoms in total. The standard InChI is InChI=1S/C24H40N6O/c1-2-25-22-17-23(27-19-26-22)30-12-6-7-20(18-30)10-11-24(31)29-15-13-28(14-16-29)21-8-4-3-5-9-21/h17,19-21H,2-16,18H2,1H3,(H,25,26,27)/t20-/m1/s1. The molecule has 2 saturated heterocycles. The van der Waals surface area contributed by atoms with Gasteiger partial charge in [0.25, 0.3) is 0 Å². The largest absolute Gasteiger partial charge is 0.370 e. The molecule has 4 rings (SSSR count). The smallest absolute Gasteiger partial charge is 0.222 e. The van der Waals surface area contributed by atoms with Crippen LogP contribution in [0.2, 0.25) is 0 Å². The van der Waals surface area contributed by atoms with Crippen LogP contribution in [-0.4, -0.2) is 77.5 Å². The number of aromatic nitrogens is 2. The van der Waals surface area contributed by atoms with E-state index in [1.165, 1.54) is 44.9 Å². The van der Waals surface area contributed by atoms with E-state index in [9.17, 15) is 4.79 Å². The normalized spacial score (nSPS) is 23.7. The van der Waals surface area contributed by atoms with Crippen LogP contribution in [0.5, 0.6) is 0 Å². The fraction of sp³-hybridized carbons (Fsp3) is 0.792. The quantitative estimate of drug-likeness (QED) is 0.718. The lowest BCUT2D eigenvalue weighted by atomic mass is 9.92. The molecule has 3 fully saturated rings. The van der Waals surface area contributed by atoms with Crippen molar-refractivity contribution in [2.75, 3.05) is 56.0 Å². The second-order valence-corrected chi connectivity index (χ2v) is 9.49. The van der Waals surface area contributed by atoms with Crippen molar-refractivity contribution in [3.8, 4) is 0 Å². The highest BCUT2D eigenvalue weighted by molar-refractivity contribution is 5.76. The Kier molecular flexibility index (Phi) is 8.00. The van der Waals surface area contributed by atoms with Gasteiger partial charge >= 0.3 is 0 Å². The summed E-state index contributed by atoms with van der Waals surface area (Å²) in [6.45, 7) is 8.93. The molecule has 1 saturated carbocycles. The first-order chi connectivity index (χ1) is 15.2. The zero-order valence-corrected chi connectivity index (χ0v) is 19.3. The van der Waals surface area contributed by atoms with Gasteiger partial charge < -0.3 is 15.1 Å². The molecule has 1 aromatic heterocycles. The number of hydrogen-bond donors (Lipinski definition) is 1. The molecule has 1 N–H and O–H groups in total. The van der Waals surface area contributed by atoms with Gasteiger partial charge in [0.1, 0.15) is 18.0 Å². The summed E-state index contributed by atoms with van der Waals surface area (Å²) >= 11 is 0. The van der Waals surface area contributed by atoms with Crippen LogP contribution in [0.25, 0.3) is 0 Å². The molecule has 3 heterocycles. The van der Waals surface area contributed by atoms with Crippen molar-refractivity contribution in [3.05, 3.63) is 12.4 Å². The summed E-state index contributed by atoms with van der Waals surface area (Å²) in [5, 5.41) is 3.27. The Bertz CT molecular complexity index is 699. The van der Waals surface area contributed by atoms with Gasteiger partial charge in [-0.25, -0.2) is 9.97 Å². The van der Waals surface area contributed by atoms with Gasteiger partial charge in [-0.1, -0.05) is 19.3 Å². The highest BCUT2D eigenvalue weighted by Crippen LogP contribution is 2.27. The van der Waals surface area contributed by atoms with Crippen molar-refractivity contribution >= 4 is 17.5 Å². The minimum absolute atomic E-state index is 0.358. The van der Waals surface area contributed by atoms with E-state index in [4.69, 9.17) is 0 Å². The fourth-order valence-electron chi connectivity index (χ4n) is 5.57. The Balaban J connectivity index is 1.21. The molecule has 0 radical (unpaired) electrons. The molecule has 1 amide bonds. The molecule has 7 heteroatoms. The Morgan fingerprint density at radius 2 is 1.84 bits per heavy atom. The molecule has 0 spiro atoms. The third-order valence-electron chi connectivity index (χ3n) is 7.38. The second-order valence-electron chi connectivity index (χ2n) is 9.49. The molecular weight excluding hydrogens is 388 g/mol. The lowest BCUT2D eigenvalue weighted by Gasteiger charge is -2.41. The van der Waals surface area contributed by atoms with Gasteiger partial charge in [-0.3, -0.25) is 9.69 Å². The molecule has 0 unspecified atom stereocenters. The Hall–Kier alpha value is -1.89. The molecule has 3 aliphatic rings. The maximum Gasteiger partial charge on any atom is 0.222 e. The van der Waals surface area contributed by atoms with Gasteiger partial charge in [-0.05, 0) is 44.9 Å². The first-order valence-electron chi connectivity index (χ1n) is 12.6. The monoisotopic (exact) mass is 428 g/mol. The minimum atomic E-state index is 0.358. The van der Waals surface area contributed by atoms with E-state index in [0.717, 1.165) is 69.9 Å². The average Bonchev–Trinajstić information content (AvgIpc) is 2.84. The first-order valence-corrected chi connectivity index (χ1v) is 12.6. The number of piperazine rings is 1. The predicted octanol–water partition coefficient (Wildman–Crippen LogP) is 3.38. The maximum absolute atomic E-state index is 12.9. The predicted molar refractivity (Wildman–Crippen MR) is 125 cm³/mol. The molecular formula is C24H40N6O. The van der Waals surface area contributed by atoms with Gasteiger partial charge in [0.05, 0.1) is 0 Å². The summed E-state index contributed by atoms with van der Waals surface area (Å²) in [4.78, 5) is 28.8. The average molecular weight is 429 g/mol. The molecule has 1 aliphatic carbocycles. The van der Waals surface area contributed by atoms with Crippen LogP contribution in [0.3, 0.4) is 0 Å². The van der Waals surface area contributed by atoms with Crippen LogP contribution in [-0.2, 0) is 4.79 Å². The summed E-state index contributed by atoms with van der Waals surface area (Å²) in [7, 11) is 0. The molecule has 0 aromatic carbocycles. The summed E-state index contributed by atoms with van der Waals surface area (Å²) in [6.07, 6.45) is 12.6. The molecule has 0 bridgehead atoms. The Morgan fingerprint density at radius 1 is 1.03 bits per heavy atom. The number of carbonyl (C=O) groups is 1. The van der Waals surface area contributed by atoms with E-state index < -0.39 is 0 Å². The van der Waals surface area contributed by atoms with Gasteiger partial charge in [0.15, 0.2) is 0 Å². The maximum atomic E-state index is 12.9. The van der Waals surface area contributed by atoms with E-state index in [-0.39, 0.29) is 0 Å². The number of anilines is 2. The number of piperidine rings is 1. The summed E-state index contributed by atoms with van der Waals surface area (Å²) in [5.41, 5.74) is 0. The van der Waals surface area contributed by atoms with Gasteiger partial charge in [-0.2, -0.15) is 0 Å². The van der Waals surface area contributed by atoms with E-state index >= 15 is 0 Å². The SMILES string of the molecule is CCNc1cc(N2CCC[C@H](CCC(=O)N3CCN(C4CCCCC4)CC3)C2)ncn1. The van der Waals surface area contributed by atoms with E-state index in [0.29, 0.717) is 18.2 Å². The van der Waals surface area contributed by atoms with Gasteiger partial charge in [0, 0.05) is 64.3 Å². The van der Waals surface area contributed by atoms with Crippen LogP contribution in [0.4, 0.5) is 11.6 Å². The molecule has 1 atom stereocenters. The van der Waals surface area contributed by atoms with Gasteiger partial charge in [0.2, 0.25) is 5.91 Å². The summed E-state index contributed by atoms with van der Waals surface area (Å²) < 4.78 is 0. The number of carbonyl (C=O) groups excluding carboxylic acids is 1. The molecule has 172 valence electrons. The molecule has 1 aromatic rings. The highest BCUT2D eigenvalue weighted by atomic mass is 16.2. The van der Waals surface area contributed by atoms with Crippen molar-refractivity contribution in [2.45, 2.75) is 70.8 Å². The van der Waals surface area contributed by atoms with Crippen molar-refractivity contribution in [2.24, 2.45) is 5.92 Å². The minimum Gasteiger partial charge on any atom is -0.370 e. The number of amides is 1. The topological polar surface area (TPSA) is 64.6 Å². The van der Waals surface area contributed by atoms with Crippen molar-refractivity contribution in [1.82, 2.24) is 19.8 Å². The highest BCUT2D eigenvalue weighted by Gasteiger charge is 2.28. The van der Waals surface area contributed by atoms with Crippen LogP contribution in [0.15, 0.2) is 12.4 Å². The number of hydrogen-bond acceptors (Lipinski definition) is 6. The van der Waals surface area contributed by atoms with E-state index in [2.05, 4.69) is 36.9 Å². The third kappa shape index (κ3) is 6.09. The summed E-state index contributed by atoms with van der Waals surface area (Å²) in [5.74, 6) is 2.81.